The zero-order chi connectivity index (χ0) is 13.9. The topological polar surface area (TPSA) is 66.5 Å². The second-order valence-electron chi connectivity index (χ2n) is 5.77. The van der Waals surface area contributed by atoms with Crippen LogP contribution in [-0.4, -0.2) is 56.4 Å². The number of hydrogen-bond donors (Lipinski definition) is 1. The fourth-order valence-electron chi connectivity index (χ4n) is 2.96. The first-order chi connectivity index (χ1) is 8.98. The maximum atomic E-state index is 11.9. The van der Waals surface area contributed by atoms with E-state index in [9.17, 15) is 13.2 Å². The number of hydrogen-bond acceptors (Lipinski definition) is 4. The smallest absolute Gasteiger partial charge is 0.224 e. The molecular weight excluding hydrogens is 264 g/mol. The lowest BCUT2D eigenvalue weighted by atomic mass is 10.0. The van der Waals surface area contributed by atoms with Crippen molar-refractivity contribution in [3.63, 3.8) is 0 Å². The van der Waals surface area contributed by atoms with E-state index in [1.807, 2.05) is 0 Å². The van der Waals surface area contributed by atoms with Gasteiger partial charge in [-0.1, -0.05) is 6.42 Å². The maximum absolute atomic E-state index is 11.9. The number of carbonyl (C=O) groups is 1. The molecule has 19 heavy (non-hydrogen) atoms. The Labute approximate surface area is 115 Å². The van der Waals surface area contributed by atoms with Crippen LogP contribution in [0.5, 0.6) is 0 Å². The van der Waals surface area contributed by atoms with Crippen LogP contribution in [0.25, 0.3) is 0 Å². The van der Waals surface area contributed by atoms with Crippen LogP contribution in [0.3, 0.4) is 0 Å². The van der Waals surface area contributed by atoms with Gasteiger partial charge in [0.25, 0.3) is 0 Å². The third-order valence-corrected chi connectivity index (χ3v) is 6.01. The number of rotatable bonds is 4. The summed E-state index contributed by atoms with van der Waals surface area (Å²) >= 11 is 0. The minimum absolute atomic E-state index is 0.0267. The second-order valence-corrected chi connectivity index (χ2v) is 8.00. The van der Waals surface area contributed by atoms with Crippen LogP contribution < -0.4 is 5.32 Å². The number of nitrogens with zero attached hydrogens (tertiary/aromatic N) is 1. The van der Waals surface area contributed by atoms with E-state index < -0.39 is 9.84 Å². The van der Waals surface area contributed by atoms with Crippen LogP contribution in [0.15, 0.2) is 0 Å². The molecule has 0 bridgehead atoms. The highest BCUT2D eigenvalue weighted by Gasteiger charge is 2.32. The zero-order valence-electron chi connectivity index (χ0n) is 11.6. The summed E-state index contributed by atoms with van der Waals surface area (Å²) in [4.78, 5) is 14.3. The first-order valence-corrected chi connectivity index (χ1v) is 9.02. The molecule has 0 unspecified atom stereocenters. The lowest BCUT2D eigenvalue weighted by molar-refractivity contribution is -0.124. The van der Waals surface area contributed by atoms with Crippen molar-refractivity contribution in [3.05, 3.63) is 0 Å². The maximum Gasteiger partial charge on any atom is 0.224 e. The van der Waals surface area contributed by atoms with E-state index in [4.69, 9.17) is 0 Å². The fourth-order valence-corrected chi connectivity index (χ4v) is 4.70. The number of amides is 1. The molecule has 0 saturated carbocycles. The molecule has 2 rings (SSSR count). The first kappa shape index (κ1) is 14.8. The largest absolute Gasteiger partial charge is 0.355 e. The molecule has 2 saturated heterocycles. The van der Waals surface area contributed by atoms with Crippen molar-refractivity contribution in [1.29, 1.82) is 0 Å². The van der Waals surface area contributed by atoms with Crippen LogP contribution in [-0.2, 0) is 14.6 Å². The molecule has 110 valence electrons. The number of sulfone groups is 1. The van der Waals surface area contributed by atoms with E-state index in [0.717, 1.165) is 13.1 Å². The van der Waals surface area contributed by atoms with Crippen molar-refractivity contribution in [3.8, 4) is 0 Å². The molecule has 0 aromatic rings. The van der Waals surface area contributed by atoms with Crippen LogP contribution in [0.1, 0.15) is 32.6 Å². The highest BCUT2D eigenvalue weighted by molar-refractivity contribution is 7.91. The quantitative estimate of drug-likeness (QED) is 0.814. The van der Waals surface area contributed by atoms with Gasteiger partial charge in [0.15, 0.2) is 9.84 Å². The Morgan fingerprint density at radius 2 is 2.11 bits per heavy atom. The molecule has 0 aromatic carbocycles. The molecule has 0 spiro atoms. The van der Waals surface area contributed by atoms with E-state index in [1.165, 1.54) is 19.3 Å². The van der Waals surface area contributed by atoms with Gasteiger partial charge >= 0.3 is 0 Å². The van der Waals surface area contributed by atoms with E-state index >= 15 is 0 Å². The van der Waals surface area contributed by atoms with Gasteiger partial charge < -0.3 is 5.32 Å². The molecule has 0 radical (unpaired) electrons. The molecular formula is C13H24N2O3S. The Bertz CT molecular complexity index is 422. The van der Waals surface area contributed by atoms with Crippen molar-refractivity contribution < 1.29 is 13.2 Å². The minimum atomic E-state index is -2.97. The number of piperidine rings is 1. The summed E-state index contributed by atoms with van der Waals surface area (Å²) in [5.41, 5.74) is 0. The predicted octanol–water partition coefficient (Wildman–Crippen LogP) is 0.412. The van der Waals surface area contributed by atoms with Crippen LogP contribution in [0.4, 0.5) is 0 Å². The molecule has 0 aliphatic carbocycles. The Kier molecular flexibility index (Phi) is 4.84. The summed E-state index contributed by atoms with van der Waals surface area (Å²) < 4.78 is 22.6. The number of likely N-dealkylation sites (tertiary alicyclic amines) is 1. The molecule has 2 aliphatic heterocycles. The van der Waals surface area contributed by atoms with E-state index in [-0.39, 0.29) is 23.3 Å². The summed E-state index contributed by atoms with van der Waals surface area (Å²) in [6, 6.07) is 0.595. The summed E-state index contributed by atoms with van der Waals surface area (Å²) in [6.07, 6.45) is 4.24. The van der Waals surface area contributed by atoms with E-state index in [1.54, 1.807) is 0 Å². The molecule has 1 amide bonds. The molecule has 2 fully saturated rings. The molecule has 6 heteroatoms. The van der Waals surface area contributed by atoms with Crippen molar-refractivity contribution in [2.24, 2.45) is 5.92 Å². The molecule has 1 N–H and O–H groups in total. The molecule has 2 aliphatic rings. The second kappa shape index (κ2) is 6.22. The van der Waals surface area contributed by atoms with Crippen LogP contribution >= 0.6 is 0 Å². The molecule has 2 atom stereocenters. The average molecular weight is 288 g/mol. The van der Waals surface area contributed by atoms with Gasteiger partial charge in [-0.15, -0.1) is 0 Å². The summed E-state index contributed by atoms with van der Waals surface area (Å²) in [5.74, 6) is -0.234. The Morgan fingerprint density at radius 1 is 1.32 bits per heavy atom. The van der Waals surface area contributed by atoms with Crippen LogP contribution in [0.2, 0.25) is 0 Å². The number of nitrogens with one attached hydrogen (secondary N) is 1. The Balaban J connectivity index is 1.69. The third kappa shape index (κ3) is 4.18. The van der Waals surface area contributed by atoms with Gasteiger partial charge in [-0.2, -0.15) is 0 Å². The Hall–Kier alpha value is -0.620. The van der Waals surface area contributed by atoms with Crippen molar-refractivity contribution in [2.45, 2.75) is 38.6 Å². The predicted molar refractivity (Wildman–Crippen MR) is 74.7 cm³/mol. The summed E-state index contributed by atoms with van der Waals surface area (Å²) in [5, 5.41) is 2.89. The molecule has 2 heterocycles. The molecule has 5 nitrogen and oxygen atoms in total. The SMILES string of the molecule is C[C@H]1CCCCN1CCNC(=O)[C@@H]1CCS(=O)(=O)C1. The lowest BCUT2D eigenvalue weighted by Gasteiger charge is -2.33. The van der Waals surface area contributed by atoms with Gasteiger partial charge in [-0.25, -0.2) is 8.42 Å². The summed E-state index contributed by atoms with van der Waals surface area (Å²) in [6.45, 7) is 4.82. The van der Waals surface area contributed by atoms with Gasteiger partial charge in [0.2, 0.25) is 5.91 Å². The standard InChI is InChI=1S/C13H24N2O3S/c1-11-4-2-3-7-15(11)8-6-14-13(16)12-5-9-19(17,18)10-12/h11-12H,2-10H2,1H3,(H,14,16)/t11-,12+/m0/s1. The van der Waals surface area contributed by atoms with Gasteiger partial charge in [0.05, 0.1) is 17.4 Å². The van der Waals surface area contributed by atoms with E-state index in [0.29, 0.717) is 19.0 Å². The Morgan fingerprint density at radius 3 is 2.74 bits per heavy atom. The number of carbonyl (C=O) groups excluding carboxylic acids is 1. The normalized spacial score (nSPS) is 31.2. The fraction of sp³-hybridized carbons (Fsp3) is 0.923. The van der Waals surface area contributed by atoms with Gasteiger partial charge in [-0.3, -0.25) is 9.69 Å². The van der Waals surface area contributed by atoms with Gasteiger partial charge in [0, 0.05) is 19.1 Å². The minimum Gasteiger partial charge on any atom is -0.355 e. The monoisotopic (exact) mass is 288 g/mol. The highest BCUT2D eigenvalue weighted by atomic mass is 32.2. The summed E-state index contributed by atoms with van der Waals surface area (Å²) in [7, 11) is -2.97. The average Bonchev–Trinajstić information content (AvgIpc) is 2.72. The van der Waals surface area contributed by atoms with Crippen molar-refractivity contribution in [2.75, 3.05) is 31.1 Å². The lowest BCUT2D eigenvalue weighted by Crippen LogP contribution is -2.43. The first-order valence-electron chi connectivity index (χ1n) is 7.20. The van der Waals surface area contributed by atoms with E-state index in [2.05, 4.69) is 17.1 Å². The van der Waals surface area contributed by atoms with Gasteiger partial charge in [-0.05, 0) is 32.7 Å². The molecule has 0 aromatic heterocycles. The zero-order valence-corrected chi connectivity index (χ0v) is 12.4. The third-order valence-electron chi connectivity index (χ3n) is 4.24. The van der Waals surface area contributed by atoms with Crippen molar-refractivity contribution >= 4 is 15.7 Å². The van der Waals surface area contributed by atoms with Crippen molar-refractivity contribution in [1.82, 2.24) is 10.2 Å². The highest BCUT2D eigenvalue weighted by Crippen LogP contribution is 2.18. The van der Waals surface area contributed by atoms with Crippen LogP contribution in [0, 0.1) is 5.92 Å². The van der Waals surface area contributed by atoms with Gasteiger partial charge in [0.1, 0.15) is 0 Å².